The Hall–Kier alpha value is -2.86. The van der Waals surface area contributed by atoms with Crippen LogP contribution in [-0.2, 0) is 14.1 Å². The minimum atomic E-state index is -0.646. The van der Waals surface area contributed by atoms with Crippen molar-refractivity contribution in [3.63, 3.8) is 0 Å². The third-order valence-electron chi connectivity index (χ3n) is 3.86. The van der Waals surface area contributed by atoms with Gasteiger partial charge in [0.15, 0.2) is 0 Å². The first-order chi connectivity index (χ1) is 11.4. The average molecular weight is 344 g/mol. The molecule has 0 radical (unpaired) electrons. The van der Waals surface area contributed by atoms with Crippen molar-refractivity contribution >= 4 is 34.2 Å². The lowest BCUT2D eigenvalue weighted by Gasteiger charge is -2.13. The summed E-state index contributed by atoms with van der Waals surface area (Å²) >= 11 is 6.23. The van der Waals surface area contributed by atoms with Gasteiger partial charge in [-0.05, 0) is 24.3 Å². The first-order valence-electron chi connectivity index (χ1n) is 7.16. The molecule has 1 aromatic heterocycles. The molecule has 0 atom stereocenters. The fourth-order valence-corrected chi connectivity index (χ4v) is 2.68. The number of amides is 1. The third kappa shape index (κ3) is 2.61. The molecule has 3 rings (SSSR count). The van der Waals surface area contributed by atoms with Crippen LogP contribution in [0.4, 0.5) is 5.69 Å². The first kappa shape index (κ1) is 16.0. The van der Waals surface area contributed by atoms with Crippen LogP contribution in [0.5, 0.6) is 0 Å². The Morgan fingerprint density at radius 1 is 0.958 bits per heavy atom. The quantitative estimate of drug-likeness (QED) is 0.724. The molecule has 0 saturated carbocycles. The minimum absolute atomic E-state index is 0.278. The third-order valence-corrected chi connectivity index (χ3v) is 4.18. The molecule has 7 heteroatoms. The molecule has 0 aliphatic carbocycles. The highest BCUT2D eigenvalue weighted by Crippen LogP contribution is 2.27. The number of anilines is 1. The molecule has 0 saturated heterocycles. The molecule has 1 N–H and O–H groups in total. The lowest BCUT2D eigenvalue weighted by atomic mass is 10.2. The average Bonchev–Trinajstić information content (AvgIpc) is 2.60. The summed E-state index contributed by atoms with van der Waals surface area (Å²) in [4.78, 5) is 36.1. The number of aromatic nitrogens is 2. The molecular weight excluding hydrogens is 330 g/mol. The van der Waals surface area contributed by atoms with Gasteiger partial charge in [0.05, 0.1) is 21.7 Å². The number of fused-ring (bicyclic) bond motifs is 1. The van der Waals surface area contributed by atoms with Crippen LogP contribution < -0.4 is 16.4 Å². The monoisotopic (exact) mass is 343 g/mol. The number of carbonyl (C=O) groups excluding carboxylic acids is 1. The normalized spacial score (nSPS) is 10.8. The number of benzene rings is 2. The number of aryl methyl sites for hydroxylation is 2. The van der Waals surface area contributed by atoms with Crippen LogP contribution in [0.1, 0.15) is 10.4 Å². The second kappa shape index (κ2) is 5.98. The topological polar surface area (TPSA) is 73.1 Å². The SMILES string of the molecule is Cn1c(=O)c(=O)n(C)c2cc(NC(=O)c3ccccc3)c(Cl)cc21. The Kier molecular flexibility index (Phi) is 3.99. The molecular formula is C17H14ClN3O3. The van der Waals surface area contributed by atoms with Crippen molar-refractivity contribution in [2.24, 2.45) is 14.1 Å². The molecule has 0 unspecified atom stereocenters. The van der Waals surface area contributed by atoms with Gasteiger partial charge in [-0.2, -0.15) is 0 Å². The molecule has 1 amide bonds. The van der Waals surface area contributed by atoms with Gasteiger partial charge in [0.2, 0.25) is 0 Å². The molecule has 122 valence electrons. The van der Waals surface area contributed by atoms with E-state index >= 15 is 0 Å². The molecule has 0 fully saturated rings. The van der Waals surface area contributed by atoms with Crippen molar-refractivity contribution in [2.75, 3.05) is 5.32 Å². The lowest BCUT2D eigenvalue weighted by Crippen LogP contribution is -2.39. The second-order valence-corrected chi connectivity index (χ2v) is 5.78. The van der Waals surface area contributed by atoms with Crippen LogP contribution in [0.25, 0.3) is 11.0 Å². The van der Waals surface area contributed by atoms with Gasteiger partial charge in [-0.3, -0.25) is 14.4 Å². The highest BCUT2D eigenvalue weighted by atomic mass is 35.5. The van der Waals surface area contributed by atoms with Crippen molar-refractivity contribution < 1.29 is 4.79 Å². The number of nitrogens with one attached hydrogen (secondary N) is 1. The summed E-state index contributed by atoms with van der Waals surface area (Å²) in [6.45, 7) is 0. The molecule has 24 heavy (non-hydrogen) atoms. The zero-order valence-corrected chi connectivity index (χ0v) is 13.8. The molecule has 6 nitrogen and oxygen atoms in total. The van der Waals surface area contributed by atoms with Gasteiger partial charge in [0, 0.05) is 19.7 Å². The van der Waals surface area contributed by atoms with Crippen molar-refractivity contribution in [1.82, 2.24) is 9.13 Å². The van der Waals surface area contributed by atoms with E-state index in [0.717, 1.165) is 0 Å². The molecule has 0 aliphatic rings. The highest BCUT2D eigenvalue weighted by molar-refractivity contribution is 6.34. The van der Waals surface area contributed by atoms with E-state index in [9.17, 15) is 14.4 Å². The summed E-state index contributed by atoms with van der Waals surface area (Å²) in [6, 6.07) is 11.8. The Balaban J connectivity index is 2.13. The fourth-order valence-electron chi connectivity index (χ4n) is 2.47. The Bertz CT molecular complexity index is 1070. The van der Waals surface area contributed by atoms with Crippen LogP contribution in [0.2, 0.25) is 5.02 Å². The van der Waals surface area contributed by atoms with Gasteiger partial charge < -0.3 is 14.5 Å². The maximum atomic E-state index is 12.3. The molecule has 0 aliphatic heterocycles. The van der Waals surface area contributed by atoms with Gasteiger partial charge in [-0.1, -0.05) is 29.8 Å². The van der Waals surface area contributed by atoms with Gasteiger partial charge in [0.1, 0.15) is 0 Å². The zero-order chi connectivity index (χ0) is 17.4. The Morgan fingerprint density at radius 2 is 1.50 bits per heavy atom. The second-order valence-electron chi connectivity index (χ2n) is 5.37. The molecule has 1 heterocycles. The van der Waals surface area contributed by atoms with Crippen molar-refractivity contribution in [1.29, 1.82) is 0 Å². The van der Waals surface area contributed by atoms with E-state index in [-0.39, 0.29) is 10.9 Å². The largest absolute Gasteiger partial charge is 0.321 e. The summed E-state index contributed by atoms with van der Waals surface area (Å²) in [6.07, 6.45) is 0. The molecule has 2 aromatic carbocycles. The fraction of sp³-hybridized carbons (Fsp3) is 0.118. The van der Waals surface area contributed by atoms with Crippen LogP contribution in [0.15, 0.2) is 52.1 Å². The summed E-state index contributed by atoms with van der Waals surface area (Å²) < 4.78 is 2.48. The predicted molar refractivity (Wildman–Crippen MR) is 93.8 cm³/mol. The van der Waals surface area contributed by atoms with Gasteiger partial charge in [-0.15, -0.1) is 0 Å². The van der Waals surface area contributed by atoms with E-state index in [1.807, 2.05) is 6.07 Å². The van der Waals surface area contributed by atoms with Crippen LogP contribution in [0, 0.1) is 0 Å². The number of hydrogen-bond donors (Lipinski definition) is 1. The van der Waals surface area contributed by atoms with E-state index in [4.69, 9.17) is 11.6 Å². The number of rotatable bonds is 2. The van der Waals surface area contributed by atoms with Crippen molar-refractivity contribution in [3.05, 3.63) is 73.8 Å². The number of nitrogens with zero attached hydrogens (tertiary/aromatic N) is 2. The molecule has 3 aromatic rings. The van der Waals surface area contributed by atoms with E-state index in [2.05, 4.69) is 5.32 Å². The van der Waals surface area contributed by atoms with Crippen LogP contribution in [0.3, 0.4) is 0 Å². The number of hydrogen-bond acceptors (Lipinski definition) is 3. The van der Waals surface area contributed by atoms with E-state index in [1.54, 1.807) is 36.4 Å². The number of halogens is 1. The standard InChI is InChI=1S/C17H14ClN3O3/c1-20-13-8-11(18)12(9-14(13)21(2)17(24)16(20)23)19-15(22)10-6-4-3-5-7-10/h3-9H,1-2H3,(H,19,22). The molecule has 0 spiro atoms. The van der Waals surface area contributed by atoms with Crippen molar-refractivity contribution in [3.8, 4) is 0 Å². The van der Waals surface area contributed by atoms with E-state index < -0.39 is 11.1 Å². The highest BCUT2D eigenvalue weighted by Gasteiger charge is 2.14. The van der Waals surface area contributed by atoms with E-state index in [1.165, 1.54) is 23.2 Å². The summed E-state index contributed by atoms with van der Waals surface area (Å²) in [5, 5.41) is 3.00. The lowest BCUT2D eigenvalue weighted by molar-refractivity contribution is 0.102. The summed E-state index contributed by atoms with van der Waals surface area (Å²) in [5.74, 6) is -0.313. The zero-order valence-electron chi connectivity index (χ0n) is 13.0. The summed E-state index contributed by atoms with van der Waals surface area (Å²) in [5.41, 5.74) is 0.573. The van der Waals surface area contributed by atoms with Crippen LogP contribution >= 0.6 is 11.6 Å². The molecule has 0 bridgehead atoms. The smallest absolute Gasteiger partial charge is 0.316 e. The Morgan fingerprint density at radius 3 is 2.08 bits per heavy atom. The Labute approximate surface area is 141 Å². The van der Waals surface area contributed by atoms with Crippen LogP contribution in [-0.4, -0.2) is 15.0 Å². The van der Waals surface area contributed by atoms with Crippen molar-refractivity contribution in [2.45, 2.75) is 0 Å². The summed E-state index contributed by atoms with van der Waals surface area (Å²) in [7, 11) is 3.01. The predicted octanol–water partition coefficient (Wildman–Crippen LogP) is 2.14. The van der Waals surface area contributed by atoms with Gasteiger partial charge >= 0.3 is 11.1 Å². The van der Waals surface area contributed by atoms with E-state index in [0.29, 0.717) is 22.3 Å². The maximum Gasteiger partial charge on any atom is 0.316 e. The number of carbonyl (C=O) groups is 1. The first-order valence-corrected chi connectivity index (χ1v) is 7.53. The minimum Gasteiger partial charge on any atom is -0.321 e. The van der Waals surface area contributed by atoms with Gasteiger partial charge in [0.25, 0.3) is 5.91 Å². The van der Waals surface area contributed by atoms with Gasteiger partial charge in [-0.25, -0.2) is 0 Å². The maximum absolute atomic E-state index is 12.3.